The molecule has 0 saturated carbocycles. The molecule has 7 nitrogen and oxygen atoms in total. The van der Waals surface area contributed by atoms with Crippen LogP contribution in [-0.4, -0.2) is 35.1 Å². The Bertz CT molecular complexity index is 1170. The highest BCUT2D eigenvalue weighted by Gasteiger charge is 2.10. The summed E-state index contributed by atoms with van der Waals surface area (Å²) in [6.07, 6.45) is 15.9. The van der Waals surface area contributed by atoms with E-state index in [0.717, 1.165) is 49.7 Å². The quantitative estimate of drug-likeness (QED) is 0.0707. The maximum atomic E-state index is 12.6. The predicted molar refractivity (Wildman–Crippen MR) is 156 cm³/mol. The summed E-state index contributed by atoms with van der Waals surface area (Å²) in [4.78, 5) is 32.6. The molecule has 0 aliphatic carbocycles. The van der Waals surface area contributed by atoms with E-state index >= 15 is 0 Å². The summed E-state index contributed by atoms with van der Waals surface area (Å²) in [6.45, 7) is 6.58. The Balaban J connectivity index is 1.37. The number of rotatable bonds is 18. The fourth-order valence-corrected chi connectivity index (χ4v) is 4.07. The molecule has 0 aliphatic rings. The van der Waals surface area contributed by atoms with Crippen molar-refractivity contribution < 1.29 is 23.8 Å². The summed E-state index contributed by atoms with van der Waals surface area (Å²) in [6, 6.07) is 14.1. The predicted octanol–water partition coefficient (Wildman–Crippen LogP) is 7.54. The van der Waals surface area contributed by atoms with Crippen LogP contribution in [0.25, 0.3) is 11.4 Å². The zero-order valence-electron chi connectivity index (χ0n) is 23.5. The lowest BCUT2D eigenvalue weighted by Gasteiger charge is -2.08. The number of carbonyl (C=O) groups excluding carboxylic acids is 2. The van der Waals surface area contributed by atoms with Crippen LogP contribution in [-0.2, 0) is 16.0 Å². The van der Waals surface area contributed by atoms with Gasteiger partial charge in [0.05, 0.1) is 18.8 Å². The first-order chi connectivity index (χ1) is 19.6. The van der Waals surface area contributed by atoms with Gasteiger partial charge in [0.25, 0.3) is 0 Å². The molecule has 0 N–H and O–H groups in total. The number of carbonyl (C=O) groups is 2. The van der Waals surface area contributed by atoms with Crippen molar-refractivity contribution in [2.45, 2.75) is 71.1 Å². The number of benzene rings is 2. The molecule has 1 heterocycles. The first kappa shape index (κ1) is 30.5. The molecule has 3 rings (SSSR count). The molecule has 0 fully saturated rings. The van der Waals surface area contributed by atoms with Gasteiger partial charge in [-0.05, 0) is 92.6 Å². The van der Waals surface area contributed by atoms with E-state index in [-0.39, 0.29) is 5.97 Å². The van der Waals surface area contributed by atoms with Crippen molar-refractivity contribution in [2.75, 3.05) is 13.2 Å². The van der Waals surface area contributed by atoms with E-state index < -0.39 is 5.97 Å². The lowest BCUT2D eigenvalue weighted by molar-refractivity contribution is -0.137. The summed E-state index contributed by atoms with van der Waals surface area (Å²) in [5.41, 5.74) is 2.47. The summed E-state index contributed by atoms with van der Waals surface area (Å²) < 4.78 is 16.2. The molecule has 0 atom stereocenters. The Morgan fingerprint density at radius 3 is 2.08 bits per heavy atom. The highest BCUT2D eigenvalue weighted by Crippen LogP contribution is 2.21. The molecule has 0 amide bonds. The highest BCUT2D eigenvalue weighted by molar-refractivity contribution is 5.91. The molecular formula is C33H40N2O5. The van der Waals surface area contributed by atoms with E-state index in [1.165, 1.54) is 31.8 Å². The zero-order valence-corrected chi connectivity index (χ0v) is 23.5. The van der Waals surface area contributed by atoms with Crippen molar-refractivity contribution in [3.05, 3.63) is 84.7 Å². The largest absolute Gasteiger partial charge is 0.494 e. The smallest absolute Gasteiger partial charge is 0.343 e. The monoisotopic (exact) mass is 544 g/mol. The second-order valence-corrected chi connectivity index (χ2v) is 9.65. The number of unbranched alkanes of at least 4 members (excludes halogenated alkanes) is 7. The van der Waals surface area contributed by atoms with Gasteiger partial charge in [0.15, 0.2) is 5.82 Å². The summed E-state index contributed by atoms with van der Waals surface area (Å²) >= 11 is 0. The minimum Gasteiger partial charge on any atom is -0.494 e. The van der Waals surface area contributed by atoms with Crippen LogP contribution in [0.15, 0.2) is 73.6 Å². The second kappa shape index (κ2) is 17.6. The maximum absolute atomic E-state index is 12.6. The third-order valence-electron chi connectivity index (χ3n) is 6.41. The number of aromatic nitrogens is 2. The van der Waals surface area contributed by atoms with Crippen molar-refractivity contribution in [3.8, 4) is 22.9 Å². The third kappa shape index (κ3) is 11.0. The van der Waals surface area contributed by atoms with Crippen LogP contribution in [0.4, 0.5) is 0 Å². The fraction of sp³-hybridized carbons (Fsp3) is 0.394. The van der Waals surface area contributed by atoms with Gasteiger partial charge in [0.1, 0.15) is 11.5 Å². The average molecular weight is 545 g/mol. The van der Waals surface area contributed by atoms with E-state index in [0.29, 0.717) is 36.1 Å². The number of hydrogen-bond acceptors (Lipinski definition) is 7. The van der Waals surface area contributed by atoms with Gasteiger partial charge in [-0.25, -0.2) is 19.6 Å². The third-order valence-corrected chi connectivity index (χ3v) is 6.41. The molecule has 212 valence electrons. The first-order valence-electron chi connectivity index (χ1n) is 14.2. The van der Waals surface area contributed by atoms with Gasteiger partial charge in [-0.2, -0.15) is 0 Å². The van der Waals surface area contributed by atoms with E-state index in [1.54, 1.807) is 36.4 Å². The Morgan fingerprint density at radius 2 is 1.40 bits per heavy atom. The number of aryl methyl sites for hydroxylation is 1. The van der Waals surface area contributed by atoms with Crippen LogP contribution in [0.3, 0.4) is 0 Å². The fourth-order valence-electron chi connectivity index (χ4n) is 4.07. The van der Waals surface area contributed by atoms with E-state index in [4.69, 9.17) is 14.2 Å². The van der Waals surface area contributed by atoms with Gasteiger partial charge in [-0.1, -0.05) is 39.2 Å². The van der Waals surface area contributed by atoms with Crippen molar-refractivity contribution in [2.24, 2.45) is 0 Å². The van der Waals surface area contributed by atoms with Crippen molar-refractivity contribution >= 4 is 11.9 Å². The van der Waals surface area contributed by atoms with E-state index in [1.807, 2.05) is 24.5 Å². The first-order valence-corrected chi connectivity index (χ1v) is 14.2. The van der Waals surface area contributed by atoms with E-state index in [2.05, 4.69) is 23.5 Å². The molecule has 0 radical (unpaired) electrons. The molecule has 0 saturated heterocycles. The van der Waals surface area contributed by atoms with Crippen LogP contribution in [0, 0.1) is 0 Å². The lowest BCUT2D eigenvalue weighted by atomic mass is 10.1. The van der Waals surface area contributed by atoms with Gasteiger partial charge in [-0.15, -0.1) is 0 Å². The maximum Gasteiger partial charge on any atom is 0.343 e. The number of nitrogens with zero attached hydrogens (tertiary/aromatic N) is 2. The summed E-state index contributed by atoms with van der Waals surface area (Å²) in [5, 5.41) is 0. The van der Waals surface area contributed by atoms with Gasteiger partial charge in [0.2, 0.25) is 0 Å². The van der Waals surface area contributed by atoms with Gasteiger partial charge >= 0.3 is 11.9 Å². The van der Waals surface area contributed by atoms with Gasteiger partial charge in [-0.3, -0.25) is 0 Å². The van der Waals surface area contributed by atoms with Crippen LogP contribution in [0.2, 0.25) is 0 Å². The molecule has 7 heteroatoms. The van der Waals surface area contributed by atoms with Crippen LogP contribution in [0.1, 0.15) is 80.6 Å². The Hall–Kier alpha value is -4.00. The van der Waals surface area contributed by atoms with Gasteiger partial charge < -0.3 is 14.2 Å². The molecule has 3 aromatic rings. The minimum absolute atomic E-state index is 0.386. The van der Waals surface area contributed by atoms with Crippen molar-refractivity contribution in [1.29, 1.82) is 0 Å². The second-order valence-electron chi connectivity index (χ2n) is 9.65. The molecule has 0 spiro atoms. The highest BCUT2D eigenvalue weighted by atomic mass is 16.5. The van der Waals surface area contributed by atoms with Crippen LogP contribution >= 0.6 is 0 Å². The number of ether oxygens (including phenoxy) is 3. The standard InChI is InChI=1S/C33H40N2O5/c1-3-5-6-7-10-13-26-24-34-32(35-25-26)27-14-20-30(21-15-27)40-33(37)28-16-18-29(19-17-28)38-22-11-8-9-12-23-39-31(36)4-2/h4,14-21,24-25H,2-3,5-13,22-23H2,1H3. The molecule has 0 unspecified atom stereocenters. The van der Waals surface area contributed by atoms with Crippen LogP contribution in [0.5, 0.6) is 11.5 Å². The van der Waals surface area contributed by atoms with Crippen molar-refractivity contribution in [3.63, 3.8) is 0 Å². The minimum atomic E-state index is -0.434. The zero-order chi connectivity index (χ0) is 28.4. The topological polar surface area (TPSA) is 87.6 Å². The number of hydrogen-bond donors (Lipinski definition) is 0. The lowest BCUT2D eigenvalue weighted by Crippen LogP contribution is -2.08. The van der Waals surface area contributed by atoms with Crippen LogP contribution < -0.4 is 9.47 Å². The Kier molecular flexibility index (Phi) is 13.4. The summed E-state index contributed by atoms with van der Waals surface area (Å²) in [7, 11) is 0. The Morgan fingerprint density at radius 1 is 0.775 bits per heavy atom. The Labute approximate surface area is 237 Å². The normalized spacial score (nSPS) is 10.6. The molecule has 0 bridgehead atoms. The molecular weight excluding hydrogens is 504 g/mol. The molecule has 1 aromatic heterocycles. The van der Waals surface area contributed by atoms with E-state index in [9.17, 15) is 9.59 Å². The average Bonchev–Trinajstić information content (AvgIpc) is 2.99. The number of esters is 2. The molecule has 0 aliphatic heterocycles. The molecule has 2 aromatic carbocycles. The SMILES string of the molecule is C=CC(=O)OCCCCCCOc1ccc(C(=O)Oc2ccc(-c3ncc(CCCCCCC)cn3)cc2)cc1. The van der Waals surface area contributed by atoms with Gasteiger partial charge in [0, 0.05) is 24.0 Å². The van der Waals surface area contributed by atoms with Crippen molar-refractivity contribution in [1.82, 2.24) is 9.97 Å². The molecule has 40 heavy (non-hydrogen) atoms. The summed E-state index contributed by atoms with van der Waals surface area (Å²) in [5.74, 6) is 0.983.